The van der Waals surface area contributed by atoms with Gasteiger partial charge in [0.25, 0.3) is 0 Å². The van der Waals surface area contributed by atoms with Crippen molar-refractivity contribution in [3.05, 3.63) is 0 Å². The lowest BCUT2D eigenvalue weighted by molar-refractivity contribution is -0.324. The first-order chi connectivity index (χ1) is 6.85. The maximum Gasteiger partial charge on any atom is 0.416 e. The molecule has 0 N–H and O–H groups in total. The van der Waals surface area contributed by atoms with E-state index in [1.807, 2.05) is 6.92 Å². The Morgan fingerprint density at radius 3 is 2.07 bits per heavy atom. The molecule has 0 amide bonds. The van der Waals surface area contributed by atoms with E-state index in [1.165, 1.54) is 0 Å². The summed E-state index contributed by atoms with van der Waals surface area (Å²) in [4.78, 5) is 0. The van der Waals surface area contributed by atoms with Gasteiger partial charge in [0, 0.05) is 0 Å². The normalized spacial score (nSPS) is 16.8. The first kappa shape index (κ1) is 14.7. The molecule has 1 nitrogen and oxygen atoms in total. The molecule has 0 aliphatic rings. The summed E-state index contributed by atoms with van der Waals surface area (Å²) in [6.45, 7) is 5.30. The second-order valence-electron chi connectivity index (χ2n) is 3.69. The highest BCUT2D eigenvalue weighted by atomic mass is 19.3. The van der Waals surface area contributed by atoms with Crippen molar-refractivity contribution in [2.45, 2.75) is 58.7 Å². The van der Waals surface area contributed by atoms with Crippen LogP contribution in [0, 0.1) is 5.92 Å². The topological polar surface area (TPSA) is 9.23 Å². The molecule has 92 valence electrons. The summed E-state index contributed by atoms with van der Waals surface area (Å²) < 4.78 is 53.2. The molecule has 0 bridgehead atoms. The van der Waals surface area contributed by atoms with Crippen molar-refractivity contribution in [2.24, 2.45) is 5.92 Å². The molecule has 0 saturated heterocycles. The van der Waals surface area contributed by atoms with Gasteiger partial charge in [-0.05, 0) is 18.8 Å². The molecule has 15 heavy (non-hydrogen) atoms. The van der Waals surface area contributed by atoms with E-state index in [2.05, 4.69) is 4.74 Å². The van der Waals surface area contributed by atoms with Gasteiger partial charge in [-0.2, -0.15) is 8.78 Å². The summed E-state index contributed by atoms with van der Waals surface area (Å²) in [6, 6.07) is 0. The summed E-state index contributed by atoms with van der Waals surface area (Å²) in [5, 5.41) is 0. The highest BCUT2D eigenvalue weighted by Crippen LogP contribution is 2.30. The Kier molecular flexibility index (Phi) is 6.17. The van der Waals surface area contributed by atoms with Gasteiger partial charge in [0.1, 0.15) is 0 Å². The van der Waals surface area contributed by atoms with Gasteiger partial charge in [0.05, 0.1) is 6.10 Å². The predicted octanol–water partition coefficient (Wildman–Crippen LogP) is 4.08. The van der Waals surface area contributed by atoms with Crippen LogP contribution in [0.3, 0.4) is 0 Å². The van der Waals surface area contributed by atoms with Crippen molar-refractivity contribution in [1.82, 2.24) is 0 Å². The van der Waals surface area contributed by atoms with Gasteiger partial charge in [-0.1, -0.05) is 27.2 Å². The summed E-state index contributed by atoms with van der Waals surface area (Å²) in [7, 11) is 0. The van der Waals surface area contributed by atoms with Gasteiger partial charge in [0.15, 0.2) is 0 Å². The Hall–Kier alpha value is -0.320. The maximum absolute atomic E-state index is 12.6. The van der Waals surface area contributed by atoms with Crippen LogP contribution in [0.4, 0.5) is 17.6 Å². The van der Waals surface area contributed by atoms with Gasteiger partial charge < -0.3 is 4.74 Å². The molecule has 0 rings (SSSR count). The molecular formula is C10H18F4O. The fourth-order valence-electron chi connectivity index (χ4n) is 1.50. The van der Waals surface area contributed by atoms with Crippen molar-refractivity contribution in [3.63, 3.8) is 0 Å². The van der Waals surface area contributed by atoms with E-state index in [4.69, 9.17) is 0 Å². The van der Waals surface area contributed by atoms with E-state index >= 15 is 0 Å². The molecule has 0 aliphatic carbocycles. The van der Waals surface area contributed by atoms with Gasteiger partial charge >= 0.3 is 12.5 Å². The molecule has 0 saturated carbocycles. The van der Waals surface area contributed by atoms with Gasteiger partial charge in [-0.25, -0.2) is 8.78 Å². The van der Waals surface area contributed by atoms with E-state index in [0.29, 0.717) is 12.8 Å². The van der Waals surface area contributed by atoms with Crippen molar-refractivity contribution in [3.8, 4) is 0 Å². The number of hydrogen-bond donors (Lipinski definition) is 0. The van der Waals surface area contributed by atoms with E-state index in [9.17, 15) is 17.6 Å². The molecule has 0 fully saturated rings. The third kappa shape index (κ3) is 4.82. The molecule has 0 radical (unpaired) electrons. The van der Waals surface area contributed by atoms with Gasteiger partial charge in [-0.15, -0.1) is 0 Å². The lowest BCUT2D eigenvalue weighted by atomic mass is 9.97. The third-order valence-corrected chi connectivity index (χ3v) is 2.34. The first-order valence-electron chi connectivity index (χ1n) is 5.18. The SMILES string of the molecule is CCCC(C)C(CC)OC(F)(F)C(F)F. The predicted molar refractivity (Wildman–Crippen MR) is 50.2 cm³/mol. The molecule has 0 aromatic carbocycles. The molecule has 0 spiro atoms. The highest BCUT2D eigenvalue weighted by Gasteiger charge is 2.44. The smallest absolute Gasteiger partial charge is 0.312 e. The number of alkyl halides is 4. The van der Waals surface area contributed by atoms with Crippen LogP contribution in [0.1, 0.15) is 40.0 Å². The average Bonchev–Trinajstić information content (AvgIpc) is 2.14. The number of ether oxygens (including phenoxy) is 1. The van der Waals surface area contributed by atoms with Crippen LogP contribution >= 0.6 is 0 Å². The molecule has 0 aliphatic heterocycles. The largest absolute Gasteiger partial charge is 0.416 e. The molecule has 0 heterocycles. The van der Waals surface area contributed by atoms with Crippen molar-refractivity contribution >= 4 is 0 Å². The average molecular weight is 230 g/mol. The summed E-state index contributed by atoms with van der Waals surface area (Å²) >= 11 is 0. The zero-order valence-corrected chi connectivity index (χ0v) is 9.27. The Morgan fingerprint density at radius 2 is 1.73 bits per heavy atom. The van der Waals surface area contributed by atoms with Gasteiger partial charge in [0.2, 0.25) is 0 Å². The minimum Gasteiger partial charge on any atom is -0.312 e. The number of hydrogen-bond acceptors (Lipinski definition) is 1. The fraction of sp³-hybridized carbons (Fsp3) is 1.00. The Balaban J connectivity index is 4.31. The van der Waals surface area contributed by atoms with E-state index in [0.717, 1.165) is 6.42 Å². The van der Waals surface area contributed by atoms with Crippen LogP contribution in [-0.4, -0.2) is 18.6 Å². The molecule has 2 atom stereocenters. The standard InChI is InChI=1S/C10H18F4O/c1-4-6-7(3)8(5-2)15-10(13,14)9(11)12/h7-9H,4-6H2,1-3H3. The second kappa shape index (κ2) is 6.30. The Morgan fingerprint density at radius 1 is 1.20 bits per heavy atom. The van der Waals surface area contributed by atoms with Crippen LogP contribution < -0.4 is 0 Å². The minimum atomic E-state index is -4.33. The lowest BCUT2D eigenvalue weighted by Gasteiger charge is -2.27. The zero-order valence-electron chi connectivity index (χ0n) is 9.27. The third-order valence-electron chi connectivity index (χ3n) is 2.34. The number of halogens is 4. The Labute approximate surface area is 87.8 Å². The summed E-state index contributed by atoms with van der Waals surface area (Å²) in [6.07, 6.45) is -7.08. The lowest BCUT2D eigenvalue weighted by Crippen LogP contribution is -2.37. The minimum absolute atomic E-state index is 0.135. The van der Waals surface area contributed by atoms with E-state index in [1.54, 1.807) is 13.8 Å². The Bertz CT molecular complexity index is 173. The fourth-order valence-corrected chi connectivity index (χ4v) is 1.50. The number of rotatable bonds is 7. The van der Waals surface area contributed by atoms with Crippen LogP contribution in [0.2, 0.25) is 0 Å². The van der Waals surface area contributed by atoms with Crippen LogP contribution in [-0.2, 0) is 4.74 Å². The maximum atomic E-state index is 12.6. The molecule has 0 aromatic rings. The van der Waals surface area contributed by atoms with Crippen molar-refractivity contribution < 1.29 is 22.3 Å². The molecular weight excluding hydrogens is 212 g/mol. The first-order valence-corrected chi connectivity index (χ1v) is 5.18. The van der Waals surface area contributed by atoms with Crippen LogP contribution in [0.15, 0.2) is 0 Å². The summed E-state index contributed by atoms with van der Waals surface area (Å²) in [5.74, 6) is -0.135. The van der Waals surface area contributed by atoms with Crippen LogP contribution in [0.25, 0.3) is 0 Å². The zero-order chi connectivity index (χ0) is 12.1. The van der Waals surface area contributed by atoms with Gasteiger partial charge in [-0.3, -0.25) is 0 Å². The second-order valence-corrected chi connectivity index (χ2v) is 3.69. The molecule has 0 aromatic heterocycles. The summed E-state index contributed by atoms with van der Waals surface area (Å²) in [5.41, 5.74) is 0. The van der Waals surface area contributed by atoms with Crippen molar-refractivity contribution in [1.29, 1.82) is 0 Å². The van der Waals surface area contributed by atoms with E-state index < -0.39 is 18.6 Å². The molecule has 2 unspecified atom stereocenters. The highest BCUT2D eigenvalue weighted by molar-refractivity contribution is 4.68. The van der Waals surface area contributed by atoms with Crippen molar-refractivity contribution in [2.75, 3.05) is 0 Å². The molecule has 5 heteroatoms. The quantitative estimate of drug-likeness (QED) is 0.599. The van der Waals surface area contributed by atoms with Crippen LogP contribution in [0.5, 0.6) is 0 Å². The van der Waals surface area contributed by atoms with E-state index in [-0.39, 0.29) is 5.92 Å². The monoisotopic (exact) mass is 230 g/mol.